The van der Waals surface area contributed by atoms with Crippen molar-refractivity contribution < 1.29 is 32.0 Å². The van der Waals surface area contributed by atoms with Crippen molar-refractivity contribution in [2.45, 2.75) is 5.09 Å². The van der Waals surface area contributed by atoms with Crippen molar-refractivity contribution in [3.8, 4) is 0 Å². The largest absolute Gasteiger partial charge is 1.00 e. The Kier molecular flexibility index (Phi) is 3.99. The van der Waals surface area contributed by atoms with E-state index < -0.39 is 11.1 Å². The zero-order valence-corrected chi connectivity index (χ0v) is 9.72. The molecule has 1 aromatic carbocycles. The minimum atomic E-state index is -2.30. The third-order valence-electron chi connectivity index (χ3n) is 1.62. The molecule has 0 N–H and O–H groups in total. The van der Waals surface area contributed by atoms with Crippen LogP contribution in [0.25, 0.3) is 11.0 Å². The number of hydrogen-bond donors (Lipinski definition) is 0. The van der Waals surface area contributed by atoms with Crippen LogP contribution in [-0.2, 0) is 11.1 Å². The van der Waals surface area contributed by atoms with Gasteiger partial charge in [0.05, 0.1) is 0 Å². The Hall–Kier alpha value is -0.0526. The molecule has 3 nitrogen and oxygen atoms in total. The Labute approximate surface area is 103 Å². The van der Waals surface area contributed by atoms with Crippen LogP contribution in [0.4, 0.5) is 0 Å². The molecule has 1 unspecified atom stereocenters. The van der Waals surface area contributed by atoms with Gasteiger partial charge in [0.25, 0.3) is 0 Å². The van der Waals surface area contributed by atoms with Crippen molar-refractivity contribution in [1.82, 2.24) is 0 Å². The van der Waals surface area contributed by atoms with Crippen molar-refractivity contribution in [3.63, 3.8) is 0 Å². The molecule has 0 saturated carbocycles. The monoisotopic (exact) mass is 266 g/mol. The molecule has 0 saturated heterocycles. The zero-order chi connectivity index (χ0) is 9.42. The summed E-state index contributed by atoms with van der Waals surface area (Å²) in [6, 6.07) is 6.84. The van der Waals surface area contributed by atoms with Gasteiger partial charge < -0.3 is 8.97 Å². The quantitative estimate of drug-likeness (QED) is 0.514. The topological polar surface area (TPSA) is 53.3 Å². The van der Waals surface area contributed by atoms with Crippen molar-refractivity contribution in [2.24, 2.45) is 0 Å². The van der Waals surface area contributed by atoms with Gasteiger partial charge in [-0.3, -0.25) is 4.21 Å². The minimum Gasteiger partial charge on any atom is -0.766 e. The first-order chi connectivity index (χ1) is 6.16. The van der Waals surface area contributed by atoms with Crippen LogP contribution >= 0.6 is 15.9 Å². The molecule has 0 amide bonds. The number of furan rings is 1. The second kappa shape index (κ2) is 4.64. The first kappa shape index (κ1) is 12.0. The molecule has 1 aromatic heterocycles. The normalized spacial score (nSPS) is 12.4. The van der Waals surface area contributed by atoms with Crippen LogP contribution in [0.2, 0.25) is 0 Å². The minimum absolute atomic E-state index is 0. The third-order valence-corrected chi connectivity index (χ3v) is 2.65. The molecular weight excluding hydrogens is 263 g/mol. The molecule has 0 aliphatic rings. The predicted molar refractivity (Wildman–Crippen MR) is 51.1 cm³/mol. The molecule has 2 aromatic rings. The van der Waals surface area contributed by atoms with E-state index in [2.05, 4.69) is 15.9 Å². The Balaban J connectivity index is 0.000000980. The van der Waals surface area contributed by atoms with E-state index >= 15 is 0 Å². The van der Waals surface area contributed by atoms with Gasteiger partial charge >= 0.3 is 18.9 Å². The van der Waals surface area contributed by atoms with Gasteiger partial charge in [-0.25, -0.2) is 0 Å². The summed E-state index contributed by atoms with van der Waals surface area (Å²) >= 11 is 0.965. The fourth-order valence-electron chi connectivity index (χ4n) is 1.06. The Morgan fingerprint density at radius 3 is 2.71 bits per heavy atom. The molecule has 0 fully saturated rings. The average Bonchev–Trinajstić information content (AvgIpc) is 2.46. The first-order valence-corrected chi connectivity index (χ1v) is 5.32. The number of benzene rings is 1. The van der Waals surface area contributed by atoms with Gasteiger partial charge in [-0.1, -0.05) is 15.9 Å². The van der Waals surface area contributed by atoms with E-state index in [1.807, 2.05) is 6.07 Å². The molecule has 0 aliphatic carbocycles. The molecule has 0 radical (unpaired) electrons. The van der Waals surface area contributed by atoms with Crippen molar-refractivity contribution in [1.29, 1.82) is 0 Å². The van der Waals surface area contributed by atoms with Gasteiger partial charge in [0, 0.05) is 20.9 Å². The summed E-state index contributed by atoms with van der Waals surface area (Å²) in [7, 11) is 0. The maximum atomic E-state index is 10.6. The number of halogens is 1. The molecule has 0 aliphatic heterocycles. The van der Waals surface area contributed by atoms with E-state index in [1.165, 1.54) is 6.07 Å². The fourth-order valence-corrected chi connectivity index (χ4v) is 1.78. The van der Waals surface area contributed by atoms with E-state index in [9.17, 15) is 8.76 Å². The zero-order valence-electron chi connectivity index (χ0n) is 7.32. The van der Waals surface area contributed by atoms with E-state index in [-0.39, 0.29) is 24.0 Å². The van der Waals surface area contributed by atoms with Gasteiger partial charge in [0.2, 0.25) is 0 Å². The number of fused-ring (bicyclic) bond motifs is 1. The standard InChI is InChI=1S/C8H5BrO3S.Li/c9-6-2-1-5-3-8(13(10)11)12-7(5)4-6;/h1-4H,(H,10,11);/q;+1/p-1. The molecule has 14 heavy (non-hydrogen) atoms. The predicted octanol–water partition coefficient (Wildman–Crippen LogP) is -0.563. The van der Waals surface area contributed by atoms with E-state index in [0.717, 1.165) is 9.86 Å². The van der Waals surface area contributed by atoms with Gasteiger partial charge in [0.15, 0.2) is 5.09 Å². The summed E-state index contributed by atoms with van der Waals surface area (Å²) in [5.41, 5.74) is 0.563. The average molecular weight is 267 g/mol. The van der Waals surface area contributed by atoms with E-state index in [1.54, 1.807) is 12.1 Å². The summed E-state index contributed by atoms with van der Waals surface area (Å²) in [4.78, 5) is 0. The summed E-state index contributed by atoms with van der Waals surface area (Å²) in [6.45, 7) is 0. The van der Waals surface area contributed by atoms with Crippen LogP contribution in [0.5, 0.6) is 0 Å². The fraction of sp³-hybridized carbons (Fsp3) is 0. The Bertz CT molecular complexity index is 482. The smallest absolute Gasteiger partial charge is 0.766 e. The van der Waals surface area contributed by atoms with Crippen LogP contribution in [0.3, 0.4) is 0 Å². The summed E-state index contributed by atoms with van der Waals surface area (Å²) in [6.07, 6.45) is 0. The van der Waals surface area contributed by atoms with Crippen molar-refractivity contribution in [2.75, 3.05) is 0 Å². The molecule has 6 heteroatoms. The molecule has 0 spiro atoms. The van der Waals surface area contributed by atoms with Crippen LogP contribution < -0.4 is 18.9 Å². The molecule has 0 bridgehead atoms. The second-order valence-corrected chi connectivity index (χ2v) is 4.27. The number of hydrogen-bond acceptors (Lipinski definition) is 3. The maximum absolute atomic E-state index is 10.6. The first-order valence-electron chi connectivity index (χ1n) is 3.45. The summed E-state index contributed by atoms with van der Waals surface area (Å²) < 4.78 is 27.0. The van der Waals surface area contributed by atoms with Crippen molar-refractivity contribution in [3.05, 3.63) is 28.7 Å². The van der Waals surface area contributed by atoms with Crippen LogP contribution in [0.15, 0.2) is 38.2 Å². The maximum Gasteiger partial charge on any atom is 1.00 e. The molecule has 2 rings (SSSR count). The van der Waals surface area contributed by atoms with Crippen LogP contribution in [0, 0.1) is 0 Å². The van der Waals surface area contributed by atoms with Gasteiger partial charge in [-0.2, -0.15) is 0 Å². The molecule has 1 atom stereocenters. The SMILES string of the molecule is O=S([O-])c1cc2ccc(Br)cc2o1.[Li+]. The summed E-state index contributed by atoms with van der Waals surface area (Å²) in [5, 5.41) is 0.746. The molecular formula is C8H4BrLiO3S. The summed E-state index contributed by atoms with van der Waals surface area (Å²) in [5.74, 6) is 0. The second-order valence-electron chi connectivity index (χ2n) is 2.48. The Morgan fingerprint density at radius 2 is 2.07 bits per heavy atom. The number of rotatable bonds is 1. The van der Waals surface area contributed by atoms with Gasteiger partial charge in [-0.15, -0.1) is 0 Å². The van der Waals surface area contributed by atoms with Crippen molar-refractivity contribution >= 4 is 38.0 Å². The van der Waals surface area contributed by atoms with Crippen LogP contribution in [-0.4, -0.2) is 8.76 Å². The van der Waals surface area contributed by atoms with E-state index in [4.69, 9.17) is 4.42 Å². The van der Waals surface area contributed by atoms with Gasteiger partial charge in [-0.05, 0) is 24.3 Å². The molecule has 68 valence electrons. The third kappa shape index (κ3) is 2.30. The van der Waals surface area contributed by atoms with Crippen LogP contribution in [0.1, 0.15) is 0 Å². The van der Waals surface area contributed by atoms with E-state index in [0.29, 0.717) is 5.58 Å². The van der Waals surface area contributed by atoms with Gasteiger partial charge in [0.1, 0.15) is 5.58 Å². The molecule has 1 heterocycles. The Morgan fingerprint density at radius 1 is 1.36 bits per heavy atom.